The molecule has 1 aromatic carbocycles. The Morgan fingerprint density at radius 3 is 2.60 bits per heavy atom. The van der Waals surface area contributed by atoms with Gasteiger partial charge in [0.05, 0.1) is 5.52 Å². The number of fused-ring (bicyclic) bond motifs is 3. The molecule has 2 bridgehead atoms. The van der Waals surface area contributed by atoms with E-state index in [0.717, 1.165) is 52.9 Å². The fraction of sp³-hybridized carbons (Fsp3) is 0.640. The van der Waals surface area contributed by atoms with E-state index in [-0.39, 0.29) is 0 Å². The molecule has 3 nitrogen and oxygen atoms in total. The fourth-order valence-corrected chi connectivity index (χ4v) is 6.47. The van der Waals surface area contributed by atoms with Crippen LogP contribution in [0, 0.1) is 5.92 Å². The molecule has 164 valence electrons. The van der Waals surface area contributed by atoms with Gasteiger partial charge in [0.25, 0.3) is 0 Å². The monoisotopic (exact) mass is 476 g/mol. The van der Waals surface area contributed by atoms with Crippen LogP contribution < -0.4 is 0 Å². The lowest BCUT2D eigenvalue weighted by molar-refractivity contribution is 0.0959. The Morgan fingerprint density at radius 2 is 1.90 bits per heavy atom. The average molecular weight is 477 g/mol. The molecular formula is C25H34BrFN2O. The summed E-state index contributed by atoms with van der Waals surface area (Å²) in [5.74, 6) is 0.504. The topological polar surface area (TPSA) is 25.2 Å². The summed E-state index contributed by atoms with van der Waals surface area (Å²) >= 11 is 3.63. The number of aryl methyl sites for hydroxylation is 1. The number of nitrogens with zero attached hydrogens (tertiary/aromatic N) is 2. The lowest BCUT2D eigenvalue weighted by Crippen LogP contribution is -2.43. The first-order valence-electron chi connectivity index (χ1n) is 11.7. The van der Waals surface area contributed by atoms with Gasteiger partial charge in [0.2, 0.25) is 0 Å². The van der Waals surface area contributed by atoms with Crippen molar-refractivity contribution in [3.63, 3.8) is 0 Å². The van der Waals surface area contributed by atoms with Crippen LogP contribution >= 0.6 is 15.9 Å². The van der Waals surface area contributed by atoms with E-state index in [1.807, 2.05) is 24.4 Å². The van der Waals surface area contributed by atoms with Crippen molar-refractivity contribution in [3.05, 3.63) is 34.4 Å². The molecule has 2 aliphatic rings. The van der Waals surface area contributed by atoms with Gasteiger partial charge in [0.1, 0.15) is 0 Å². The van der Waals surface area contributed by atoms with Crippen LogP contribution in [0.5, 0.6) is 0 Å². The number of alkyl halides is 1. The Balaban J connectivity index is 1.38. The number of rotatable bonds is 10. The SMILES string of the molecule is CCCCCC1CC2CCC(C1)N2CCCn1cc(C(=O)CF)c2cccc(Br)c21. The third-order valence-electron chi connectivity index (χ3n) is 7.28. The minimum Gasteiger partial charge on any atom is -0.346 e. The normalized spacial score (nSPS) is 24.0. The van der Waals surface area contributed by atoms with Gasteiger partial charge in [0, 0.05) is 46.8 Å². The molecule has 0 aliphatic carbocycles. The van der Waals surface area contributed by atoms with Gasteiger partial charge in [-0.2, -0.15) is 0 Å². The lowest BCUT2D eigenvalue weighted by Gasteiger charge is -2.39. The zero-order chi connectivity index (χ0) is 21.1. The number of hydrogen-bond acceptors (Lipinski definition) is 2. The maximum absolute atomic E-state index is 13.1. The van der Waals surface area contributed by atoms with Gasteiger partial charge in [-0.05, 0) is 60.0 Å². The molecule has 2 unspecified atom stereocenters. The summed E-state index contributed by atoms with van der Waals surface area (Å²) in [6.45, 7) is 3.32. The number of carbonyl (C=O) groups is 1. The minimum absolute atomic E-state index is 0.431. The van der Waals surface area contributed by atoms with Gasteiger partial charge in [-0.15, -0.1) is 0 Å². The van der Waals surface area contributed by atoms with Crippen LogP contribution in [0.2, 0.25) is 0 Å². The quantitative estimate of drug-likeness (QED) is 0.279. The van der Waals surface area contributed by atoms with Crippen molar-refractivity contribution in [2.24, 2.45) is 5.92 Å². The Hall–Kier alpha value is -1.20. The van der Waals surface area contributed by atoms with Crippen LogP contribution in [-0.4, -0.2) is 40.6 Å². The number of hydrogen-bond donors (Lipinski definition) is 0. The summed E-state index contributed by atoms with van der Waals surface area (Å²) in [5.41, 5.74) is 1.51. The Labute approximate surface area is 188 Å². The maximum Gasteiger partial charge on any atom is 0.195 e. The molecule has 0 N–H and O–H groups in total. The van der Waals surface area contributed by atoms with Crippen LogP contribution in [-0.2, 0) is 6.54 Å². The van der Waals surface area contributed by atoms with Crippen molar-refractivity contribution in [2.45, 2.75) is 83.3 Å². The van der Waals surface area contributed by atoms with Crippen molar-refractivity contribution in [3.8, 4) is 0 Å². The van der Waals surface area contributed by atoms with Crippen molar-refractivity contribution in [1.29, 1.82) is 0 Å². The summed E-state index contributed by atoms with van der Waals surface area (Å²) < 4.78 is 16.2. The van der Waals surface area contributed by atoms with E-state index in [4.69, 9.17) is 0 Å². The van der Waals surface area contributed by atoms with Gasteiger partial charge >= 0.3 is 0 Å². The molecule has 3 heterocycles. The smallest absolute Gasteiger partial charge is 0.195 e. The number of Topliss-reactive ketones (excluding diaryl/α,β-unsaturated/α-hetero) is 1. The van der Waals surface area contributed by atoms with Crippen LogP contribution in [0.1, 0.15) is 75.1 Å². The fourth-order valence-electron chi connectivity index (χ4n) is 5.88. The summed E-state index contributed by atoms with van der Waals surface area (Å²) in [6.07, 6.45) is 13.9. The van der Waals surface area contributed by atoms with Crippen LogP contribution in [0.4, 0.5) is 4.39 Å². The Kier molecular flexibility index (Phi) is 7.30. The summed E-state index contributed by atoms with van der Waals surface area (Å²) in [4.78, 5) is 14.8. The third kappa shape index (κ3) is 4.52. The van der Waals surface area contributed by atoms with Gasteiger partial charge < -0.3 is 4.57 Å². The molecule has 5 heteroatoms. The van der Waals surface area contributed by atoms with Crippen LogP contribution in [0.15, 0.2) is 28.9 Å². The largest absolute Gasteiger partial charge is 0.346 e. The van der Waals surface area contributed by atoms with Gasteiger partial charge in [-0.25, -0.2) is 4.39 Å². The molecule has 4 rings (SSSR count). The predicted molar refractivity (Wildman–Crippen MR) is 125 cm³/mol. The number of aromatic nitrogens is 1. The number of benzene rings is 1. The standard InChI is InChI=1S/C25H34BrFN2O/c1-2-3-4-7-18-14-19-10-11-20(15-18)29(19)13-6-12-28-17-22(24(30)16-27)21-8-5-9-23(26)25(21)28/h5,8-9,17-20H,2-4,6-7,10-16H2,1H3. The summed E-state index contributed by atoms with van der Waals surface area (Å²) in [7, 11) is 0. The van der Waals surface area contributed by atoms with Crippen molar-refractivity contribution in [1.82, 2.24) is 9.47 Å². The van der Waals surface area contributed by atoms with Crippen molar-refractivity contribution < 1.29 is 9.18 Å². The highest BCUT2D eigenvalue weighted by atomic mass is 79.9. The Bertz CT molecular complexity index is 865. The molecule has 2 saturated heterocycles. The second-order valence-electron chi connectivity index (χ2n) is 9.24. The molecule has 2 aliphatic heterocycles. The Morgan fingerprint density at radius 1 is 1.13 bits per heavy atom. The van der Waals surface area contributed by atoms with Crippen molar-refractivity contribution in [2.75, 3.05) is 13.2 Å². The van der Waals surface area contributed by atoms with Crippen molar-refractivity contribution >= 4 is 32.6 Å². The third-order valence-corrected chi connectivity index (χ3v) is 7.92. The van der Waals surface area contributed by atoms with Gasteiger partial charge in [-0.1, -0.05) is 44.7 Å². The van der Waals surface area contributed by atoms with E-state index in [0.29, 0.717) is 5.56 Å². The summed E-state index contributed by atoms with van der Waals surface area (Å²) in [5, 5.41) is 0.847. The molecule has 2 atom stereocenters. The molecule has 30 heavy (non-hydrogen) atoms. The highest BCUT2D eigenvalue weighted by molar-refractivity contribution is 9.10. The van der Waals surface area contributed by atoms with Gasteiger partial charge in [-0.3, -0.25) is 9.69 Å². The first-order valence-corrected chi connectivity index (χ1v) is 12.5. The number of unbranched alkanes of at least 4 members (excludes halogenated alkanes) is 2. The second-order valence-corrected chi connectivity index (χ2v) is 10.1. The first-order chi connectivity index (χ1) is 14.6. The van der Waals surface area contributed by atoms with E-state index >= 15 is 0 Å². The van der Waals surface area contributed by atoms with E-state index in [2.05, 4.69) is 32.3 Å². The highest BCUT2D eigenvalue weighted by Gasteiger charge is 2.39. The van der Waals surface area contributed by atoms with E-state index in [9.17, 15) is 9.18 Å². The molecule has 0 amide bonds. The minimum atomic E-state index is -0.942. The molecule has 1 aromatic heterocycles. The molecule has 0 saturated carbocycles. The summed E-state index contributed by atoms with van der Waals surface area (Å²) in [6, 6.07) is 7.36. The predicted octanol–water partition coefficient (Wildman–Crippen LogP) is 6.77. The van der Waals surface area contributed by atoms with Gasteiger partial charge in [0.15, 0.2) is 12.5 Å². The second kappa shape index (κ2) is 9.95. The number of halogens is 2. The lowest BCUT2D eigenvalue weighted by atomic mass is 9.86. The van der Waals surface area contributed by atoms with E-state index in [1.54, 1.807) is 0 Å². The van der Waals surface area contributed by atoms with Crippen LogP contribution in [0.3, 0.4) is 0 Å². The molecule has 0 spiro atoms. The number of piperidine rings is 1. The highest BCUT2D eigenvalue weighted by Crippen LogP contribution is 2.40. The molecule has 2 fully saturated rings. The zero-order valence-corrected chi connectivity index (χ0v) is 19.7. The number of para-hydroxylation sites is 1. The van der Waals surface area contributed by atoms with Crippen LogP contribution in [0.25, 0.3) is 10.9 Å². The first kappa shape index (κ1) is 22.0. The zero-order valence-electron chi connectivity index (χ0n) is 18.1. The molecule has 0 radical (unpaired) electrons. The van der Waals surface area contributed by atoms with E-state index in [1.165, 1.54) is 51.4 Å². The maximum atomic E-state index is 13.1. The molecular weight excluding hydrogens is 443 g/mol. The average Bonchev–Trinajstić information content (AvgIpc) is 3.23. The van der Waals surface area contributed by atoms with E-state index < -0.39 is 12.5 Å². The molecule has 2 aromatic rings. The number of carbonyl (C=O) groups excluding carboxylic acids is 1. The number of ketones is 1.